The van der Waals surface area contributed by atoms with Crippen LogP contribution in [0.5, 0.6) is 0 Å². The molecular weight excluding hydrogens is 362 g/mol. The second kappa shape index (κ2) is 91.1. The Morgan fingerprint density at radius 1 is 0.448 bits per heavy atom. The summed E-state index contributed by atoms with van der Waals surface area (Å²) in [6.07, 6.45) is 3.54. The lowest BCUT2D eigenvalue weighted by molar-refractivity contribution is 0.0531. The molecule has 0 saturated heterocycles. The van der Waals surface area contributed by atoms with Crippen LogP contribution >= 0.6 is 0 Å². The highest BCUT2D eigenvalue weighted by Gasteiger charge is 1.84. The maximum Gasteiger partial charge on any atom is 0.0700 e. The van der Waals surface area contributed by atoms with E-state index in [1.807, 2.05) is 13.8 Å². The molecule has 0 amide bonds. The monoisotopic (exact) mass is 436 g/mol. The summed E-state index contributed by atoms with van der Waals surface area (Å²) in [5, 5.41) is 3.24. The number of nitrogens with one attached hydrogen (secondary N) is 1. The normalized spacial score (nSPS) is 6.83. The van der Waals surface area contributed by atoms with E-state index in [9.17, 15) is 0 Å². The average molecular weight is 436 g/mol. The molecule has 0 bridgehead atoms. The average Bonchev–Trinajstić information content (AvgIpc) is 2.49. The van der Waals surface area contributed by atoms with Gasteiger partial charge in [0, 0.05) is 26.4 Å². The Morgan fingerprint density at radius 3 is 1.17 bits per heavy atom. The Labute approximate surface area is 192 Å². The van der Waals surface area contributed by atoms with E-state index in [1.54, 1.807) is 0 Å². The molecular formula is C25H73NO3. The van der Waals surface area contributed by atoms with Crippen molar-refractivity contribution in [2.75, 3.05) is 52.7 Å². The van der Waals surface area contributed by atoms with Crippen LogP contribution in [0.25, 0.3) is 0 Å². The van der Waals surface area contributed by atoms with Crippen LogP contribution in [-0.2, 0) is 14.2 Å². The molecule has 0 fully saturated rings. The van der Waals surface area contributed by atoms with Crippen LogP contribution in [0, 0.1) is 0 Å². The number of hydrogen-bond acceptors (Lipinski definition) is 4. The first-order valence-electron chi connectivity index (χ1n) is 8.68. The quantitative estimate of drug-likeness (QED) is 0.310. The lowest BCUT2D eigenvalue weighted by atomic mass is 10.5. The SMILES string of the molecule is C.C.C.C.C.C.C.C.CCC.CCCNCCOCC.CCCOCCOCC. The lowest BCUT2D eigenvalue weighted by Gasteiger charge is -2.01. The molecule has 0 unspecified atom stereocenters. The minimum Gasteiger partial charge on any atom is -0.380 e. The summed E-state index contributed by atoms with van der Waals surface area (Å²) in [4.78, 5) is 0. The van der Waals surface area contributed by atoms with Crippen LogP contribution in [0.3, 0.4) is 0 Å². The van der Waals surface area contributed by atoms with Crippen molar-refractivity contribution in [2.24, 2.45) is 0 Å². The molecule has 4 nitrogen and oxygen atoms in total. The molecule has 0 aromatic carbocycles. The molecule has 4 heteroatoms. The van der Waals surface area contributed by atoms with E-state index in [1.165, 1.54) is 12.8 Å². The van der Waals surface area contributed by atoms with Crippen molar-refractivity contribution >= 4 is 0 Å². The predicted octanol–water partition coefficient (Wildman–Crippen LogP) is 8.98. The van der Waals surface area contributed by atoms with Gasteiger partial charge in [0.25, 0.3) is 0 Å². The fraction of sp³-hybridized carbons (Fsp3) is 1.00. The molecule has 0 aliphatic rings. The summed E-state index contributed by atoms with van der Waals surface area (Å²) in [7, 11) is 0. The largest absolute Gasteiger partial charge is 0.380 e. The zero-order chi connectivity index (χ0) is 16.6. The molecule has 196 valence electrons. The van der Waals surface area contributed by atoms with Crippen molar-refractivity contribution in [2.45, 2.75) is 120 Å². The van der Waals surface area contributed by atoms with Crippen LogP contribution < -0.4 is 5.32 Å². The van der Waals surface area contributed by atoms with Crippen molar-refractivity contribution < 1.29 is 14.2 Å². The molecule has 0 spiro atoms. The third kappa shape index (κ3) is 133. The molecule has 29 heavy (non-hydrogen) atoms. The first kappa shape index (κ1) is 70.2. The van der Waals surface area contributed by atoms with E-state index in [2.05, 4.69) is 33.0 Å². The highest BCUT2D eigenvalue weighted by atomic mass is 16.5. The van der Waals surface area contributed by atoms with Gasteiger partial charge in [0.2, 0.25) is 0 Å². The minimum absolute atomic E-state index is 0. The zero-order valence-electron chi connectivity index (χ0n) is 15.5. The molecule has 0 heterocycles. The van der Waals surface area contributed by atoms with E-state index in [0.29, 0.717) is 0 Å². The summed E-state index contributed by atoms with van der Waals surface area (Å²) in [5.74, 6) is 0. The second-order valence-electron chi connectivity index (χ2n) is 4.46. The fourth-order valence-electron chi connectivity index (χ4n) is 1.10. The highest BCUT2D eigenvalue weighted by Crippen LogP contribution is 1.80. The number of ether oxygens (including phenoxy) is 3. The van der Waals surface area contributed by atoms with E-state index >= 15 is 0 Å². The van der Waals surface area contributed by atoms with Gasteiger partial charge in [-0.25, -0.2) is 0 Å². The molecule has 0 aromatic rings. The van der Waals surface area contributed by atoms with Crippen molar-refractivity contribution in [3.8, 4) is 0 Å². The summed E-state index contributed by atoms with van der Waals surface area (Å²) < 4.78 is 15.3. The summed E-state index contributed by atoms with van der Waals surface area (Å²) in [6, 6.07) is 0. The van der Waals surface area contributed by atoms with Crippen LogP contribution in [0.15, 0.2) is 0 Å². The van der Waals surface area contributed by atoms with Gasteiger partial charge in [0.1, 0.15) is 0 Å². The third-order valence-electron chi connectivity index (χ3n) is 1.98. The van der Waals surface area contributed by atoms with Crippen LogP contribution in [0.2, 0.25) is 0 Å². The zero-order valence-corrected chi connectivity index (χ0v) is 15.5. The Hall–Kier alpha value is -0.160. The van der Waals surface area contributed by atoms with Crippen LogP contribution in [0.4, 0.5) is 0 Å². The first-order valence-corrected chi connectivity index (χ1v) is 8.68. The Kier molecular flexibility index (Phi) is 221. The topological polar surface area (TPSA) is 39.7 Å². The maximum atomic E-state index is 5.16. The highest BCUT2D eigenvalue weighted by molar-refractivity contribution is 4.42. The van der Waals surface area contributed by atoms with Crippen molar-refractivity contribution in [1.82, 2.24) is 5.32 Å². The molecule has 0 radical (unpaired) electrons. The molecule has 0 saturated carbocycles. The Balaban J connectivity index is -0.0000000175. The van der Waals surface area contributed by atoms with Gasteiger partial charge < -0.3 is 19.5 Å². The van der Waals surface area contributed by atoms with Gasteiger partial charge in [-0.2, -0.15) is 0 Å². The predicted molar refractivity (Wildman–Crippen MR) is 147 cm³/mol. The van der Waals surface area contributed by atoms with Gasteiger partial charge in [-0.3, -0.25) is 0 Å². The van der Waals surface area contributed by atoms with E-state index in [-0.39, 0.29) is 59.4 Å². The maximum absolute atomic E-state index is 5.16. The minimum atomic E-state index is 0. The lowest BCUT2D eigenvalue weighted by Crippen LogP contribution is -2.20. The van der Waals surface area contributed by atoms with Gasteiger partial charge in [0.05, 0.1) is 19.8 Å². The van der Waals surface area contributed by atoms with Gasteiger partial charge in [-0.15, -0.1) is 0 Å². The van der Waals surface area contributed by atoms with Gasteiger partial charge in [-0.05, 0) is 33.2 Å². The Bertz CT molecular complexity index is 111. The van der Waals surface area contributed by atoms with Crippen LogP contribution in [0.1, 0.15) is 120 Å². The third-order valence-corrected chi connectivity index (χ3v) is 1.98. The molecule has 1 N–H and O–H groups in total. The molecule has 0 aromatic heterocycles. The number of hydrogen-bond donors (Lipinski definition) is 1. The van der Waals surface area contributed by atoms with Crippen molar-refractivity contribution in [3.05, 3.63) is 0 Å². The Morgan fingerprint density at radius 2 is 0.828 bits per heavy atom. The fourth-order valence-corrected chi connectivity index (χ4v) is 1.10. The van der Waals surface area contributed by atoms with Gasteiger partial charge in [-0.1, -0.05) is 93.5 Å². The first-order chi connectivity index (χ1) is 10.2. The van der Waals surface area contributed by atoms with Crippen molar-refractivity contribution in [1.29, 1.82) is 0 Å². The smallest absolute Gasteiger partial charge is 0.0700 e. The van der Waals surface area contributed by atoms with Crippen LogP contribution in [-0.4, -0.2) is 52.7 Å². The summed E-state index contributed by atoms with van der Waals surface area (Å²) in [6.45, 7) is 19.4. The summed E-state index contributed by atoms with van der Waals surface area (Å²) >= 11 is 0. The van der Waals surface area contributed by atoms with Gasteiger partial charge in [0.15, 0.2) is 0 Å². The molecule has 0 rings (SSSR count). The standard InChI is InChI=1S/C7H17NO.C7H16O2.C3H8.8CH4/c1-3-5-8-6-7-9-4-2;1-3-5-9-7-6-8-4-2;1-3-2;;;;;;;;/h8H,3-7H2,1-2H3;3-7H2,1-2H3;3H2,1-2H3;8*1H4. The molecule has 0 aliphatic heterocycles. The summed E-state index contributed by atoms with van der Waals surface area (Å²) in [5.41, 5.74) is 0. The van der Waals surface area contributed by atoms with E-state index < -0.39 is 0 Å². The van der Waals surface area contributed by atoms with E-state index in [0.717, 1.165) is 59.2 Å². The van der Waals surface area contributed by atoms with E-state index in [4.69, 9.17) is 14.2 Å². The van der Waals surface area contributed by atoms with Crippen molar-refractivity contribution in [3.63, 3.8) is 0 Å². The second-order valence-corrected chi connectivity index (χ2v) is 4.46. The number of rotatable bonds is 12. The van der Waals surface area contributed by atoms with Gasteiger partial charge >= 0.3 is 0 Å². The molecule has 0 atom stereocenters. The molecule has 0 aliphatic carbocycles.